The van der Waals surface area contributed by atoms with Crippen LogP contribution in [0.5, 0.6) is 0 Å². The number of nitro groups is 1. The van der Waals surface area contributed by atoms with Crippen molar-refractivity contribution >= 4 is 33.8 Å². The Kier molecular flexibility index (Phi) is 4.36. The van der Waals surface area contributed by atoms with Gasteiger partial charge < -0.3 is 5.73 Å². The first kappa shape index (κ1) is 14.5. The van der Waals surface area contributed by atoms with E-state index < -0.39 is 15.7 Å². The zero-order chi connectivity index (χ0) is 14.7. The Morgan fingerprint density at radius 2 is 2.00 bits per heavy atom. The minimum absolute atomic E-state index is 0.0894. The summed E-state index contributed by atoms with van der Waals surface area (Å²) in [5.74, 6) is 0.181. The summed E-state index contributed by atoms with van der Waals surface area (Å²) in [6.45, 7) is 0. The standard InChI is InChI=1S/C13H11ClN2O3S/c14-13-7-11(16(17)18)5-4-9(13)8-20(19)12-3-1-2-10(15)6-12/h1-7H,8,15H2. The van der Waals surface area contributed by atoms with Crippen LogP contribution in [0.2, 0.25) is 5.02 Å². The lowest BCUT2D eigenvalue weighted by Gasteiger charge is -2.05. The van der Waals surface area contributed by atoms with Crippen LogP contribution >= 0.6 is 11.6 Å². The smallest absolute Gasteiger partial charge is 0.270 e. The second-order valence-electron chi connectivity index (χ2n) is 4.10. The Hall–Kier alpha value is -1.92. The van der Waals surface area contributed by atoms with E-state index in [-0.39, 0.29) is 16.5 Å². The van der Waals surface area contributed by atoms with Crippen molar-refractivity contribution in [1.29, 1.82) is 0 Å². The van der Waals surface area contributed by atoms with Crippen LogP contribution < -0.4 is 5.73 Å². The van der Waals surface area contributed by atoms with Crippen molar-refractivity contribution < 1.29 is 9.13 Å². The lowest BCUT2D eigenvalue weighted by atomic mass is 10.2. The summed E-state index contributed by atoms with van der Waals surface area (Å²) in [5.41, 5.74) is 6.68. The number of hydrogen-bond donors (Lipinski definition) is 1. The van der Waals surface area contributed by atoms with Crippen molar-refractivity contribution in [2.75, 3.05) is 5.73 Å². The van der Waals surface area contributed by atoms with Crippen LogP contribution in [0.25, 0.3) is 0 Å². The van der Waals surface area contributed by atoms with E-state index in [4.69, 9.17) is 17.3 Å². The number of rotatable bonds is 4. The SMILES string of the molecule is Nc1cccc(S(=O)Cc2ccc([N+](=O)[O-])cc2Cl)c1. The van der Waals surface area contributed by atoms with E-state index in [1.807, 2.05) is 0 Å². The summed E-state index contributed by atoms with van der Waals surface area (Å²) in [6, 6.07) is 10.9. The van der Waals surface area contributed by atoms with E-state index in [1.165, 1.54) is 18.2 Å². The number of non-ortho nitro benzene ring substituents is 1. The fraction of sp³-hybridized carbons (Fsp3) is 0.0769. The van der Waals surface area contributed by atoms with Gasteiger partial charge in [-0.2, -0.15) is 0 Å². The first-order valence-corrected chi connectivity index (χ1v) is 7.34. The molecule has 2 aromatic rings. The predicted octanol–water partition coefficient (Wildman–Crippen LogP) is 3.14. The molecule has 0 aliphatic heterocycles. The number of nitro benzene ring substituents is 1. The Bertz CT molecular complexity index is 691. The van der Waals surface area contributed by atoms with Crippen LogP contribution in [0.3, 0.4) is 0 Å². The van der Waals surface area contributed by atoms with E-state index in [0.717, 1.165) is 0 Å². The summed E-state index contributed by atoms with van der Waals surface area (Å²) in [7, 11) is -1.31. The van der Waals surface area contributed by atoms with Crippen LogP contribution in [0, 0.1) is 10.1 Å². The van der Waals surface area contributed by atoms with Gasteiger partial charge in [0.15, 0.2) is 0 Å². The molecule has 5 nitrogen and oxygen atoms in total. The molecule has 7 heteroatoms. The van der Waals surface area contributed by atoms with Crippen molar-refractivity contribution in [1.82, 2.24) is 0 Å². The molecule has 0 bridgehead atoms. The first-order chi connectivity index (χ1) is 9.47. The number of anilines is 1. The summed E-state index contributed by atoms with van der Waals surface area (Å²) < 4.78 is 12.2. The lowest BCUT2D eigenvalue weighted by Crippen LogP contribution is -1.99. The maximum absolute atomic E-state index is 12.2. The molecule has 2 aromatic carbocycles. The third kappa shape index (κ3) is 3.34. The lowest BCUT2D eigenvalue weighted by molar-refractivity contribution is -0.384. The Labute approximate surface area is 123 Å². The zero-order valence-electron chi connectivity index (χ0n) is 10.3. The highest BCUT2D eigenvalue weighted by Crippen LogP contribution is 2.25. The maximum atomic E-state index is 12.2. The molecule has 1 atom stereocenters. The number of nitrogens with zero attached hydrogens (tertiary/aromatic N) is 1. The highest BCUT2D eigenvalue weighted by molar-refractivity contribution is 7.84. The van der Waals surface area contributed by atoms with Gasteiger partial charge in [-0.3, -0.25) is 14.3 Å². The largest absolute Gasteiger partial charge is 0.399 e. The van der Waals surface area contributed by atoms with Crippen molar-refractivity contribution in [2.45, 2.75) is 10.6 Å². The molecule has 1 unspecified atom stereocenters. The first-order valence-electron chi connectivity index (χ1n) is 5.64. The molecule has 0 saturated carbocycles. The van der Waals surface area contributed by atoms with E-state index in [1.54, 1.807) is 24.3 Å². The van der Waals surface area contributed by atoms with Crippen molar-refractivity contribution in [3.8, 4) is 0 Å². The highest BCUT2D eigenvalue weighted by Gasteiger charge is 2.12. The molecule has 0 fully saturated rings. The van der Waals surface area contributed by atoms with Crippen molar-refractivity contribution in [3.63, 3.8) is 0 Å². The number of halogens is 1. The fourth-order valence-corrected chi connectivity index (χ4v) is 3.17. The van der Waals surface area contributed by atoms with Gasteiger partial charge in [0.25, 0.3) is 5.69 Å². The van der Waals surface area contributed by atoms with Gasteiger partial charge in [0, 0.05) is 22.7 Å². The molecule has 0 spiro atoms. The third-order valence-electron chi connectivity index (χ3n) is 2.66. The second-order valence-corrected chi connectivity index (χ2v) is 5.95. The fourth-order valence-electron chi connectivity index (χ4n) is 1.65. The maximum Gasteiger partial charge on any atom is 0.270 e. The van der Waals surface area contributed by atoms with Crippen LogP contribution in [0.15, 0.2) is 47.4 Å². The van der Waals surface area contributed by atoms with E-state index >= 15 is 0 Å². The van der Waals surface area contributed by atoms with E-state index in [0.29, 0.717) is 16.1 Å². The molecule has 104 valence electrons. The Morgan fingerprint density at radius 1 is 1.25 bits per heavy atom. The van der Waals surface area contributed by atoms with Gasteiger partial charge in [-0.1, -0.05) is 17.7 Å². The molecule has 0 saturated heterocycles. The molecule has 0 aromatic heterocycles. The van der Waals surface area contributed by atoms with Gasteiger partial charge in [-0.25, -0.2) is 0 Å². The molecular weight excluding hydrogens is 300 g/mol. The van der Waals surface area contributed by atoms with Crippen LogP contribution in [0.1, 0.15) is 5.56 Å². The number of hydrogen-bond acceptors (Lipinski definition) is 4. The predicted molar refractivity (Wildman–Crippen MR) is 79.1 cm³/mol. The second kappa shape index (κ2) is 6.02. The Morgan fingerprint density at radius 3 is 2.60 bits per heavy atom. The Balaban J connectivity index is 2.22. The summed E-state index contributed by atoms with van der Waals surface area (Å²) in [4.78, 5) is 10.7. The summed E-state index contributed by atoms with van der Waals surface area (Å²) >= 11 is 5.97. The van der Waals surface area contributed by atoms with Crippen LogP contribution in [-0.2, 0) is 16.6 Å². The third-order valence-corrected chi connectivity index (χ3v) is 4.36. The van der Waals surface area contributed by atoms with Crippen molar-refractivity contribution in [2.24, 2.45) is 0 Å². The average molecular weight is 311 g/mol. The van der Waals surface area contributed by atoms with Gasteiger partial charge in [-0.05, 0) is 29.8 Å². The molecule has 0 heterocycles. The average Bonchev–Trinajstić information content (AvgIpc) is 2.40. The van der Waals surface area contributed by atoms with Crippen LogP contribution in [0.4, 0.5) is 11.4 Å². The number of nitrogen functional groups attached to an aromatic ring is 1. The van der Waals surface area contributed by atoms with Gasteiger partial charge in [0.2, 0.25) is 0 Å². The molecular formula is C13H11ClN2O3S. The molecule has 0 amide bonds. The highest BCUT2D eigenvalue weighted by atomic mass is 35.5. The quantitative estimate of drug-likeness (QED) is 0.534. The molecule has 20 heavy (non-hydrogen) atoms. The normalized spacial score (nSPS) is 12.1. The van der Waals surface area contributed by atoms with Crippen LogP contribution in [-0.4, -0.2) is 9.13 Å². The molecule has 2 N–H and O–H groups in total. The van der Waals surface area contributed by atoms with E-state index in [9.17, 15) is 14.3 Å². The molecule has 0 radical (unpaired) electrons. The molecule has 0 aliphatic carbocycles. The monoisotopic (exact) mass is 310 g/mol. The minimum Gasteiger partial charge on any atom is -0.399 e. The van der Waals surface area contributed by atoms with Gasteiger partial charge >= 0.3 is 0 Å². The zero-order valence-corrected chi connectivity index (χ0v) is 11.9. The van der Waals surface area contributed by atoms with Gasteiger partial charge in [0.1, 0.15) is 0 Å². The number of benzene rings is 2. The number of nitrogens with two attached hydrogens (primary N) is 1. The molecule has 0 aliphatic rings. The summed E-state index contributed by atoms with van der Waals surface area (Å²) in [5, 5.41) is 10.9. The van der Waals surface area contributed by atoms with Gasteiger partial charge in [-0.15, -0.1) is 0 Å². The van der Waals surface area contributed by atoms with E-state index in [2.05, 4.69) is 0 Å². The molecule has 2 rings (SSSR count). The summed E-state index contributed by atoms with van der Waals surface area (Å²) in [6.07, 6.45) is 0. The van der Waals surface area contributed by atoms with Crippen molar-refractivity contribution in [3.05, 3.63) is 63.2 Å². The topological polar surface area (TPSA) is 86.2 Å². The minimum atomic E-state index is -1.31. The van der Waals surface area contributed by atoms with Gasteiger partial charge in [0.05, 0.1) is 26.5 Å².